The van der Waals surface area contributed by atoms with Gasteiger partial charge in [0.1, 0.15) is 5.84 Å². The first-order valence-electron chi connectivity index (χ1n) is 5.64. The summed E-state index contributed by atoms with van der Waals surface area (Å²) in [5, 5.41) is 0. The summed E-state index contributed by atoms with van der Waals surface area (Å²) in [7, 11) is 0. The van der Waals surface area contributed by atoms with Crippen LogP contribution in [0.2, 0.25) is 0 Å². The zero-order chi connectivity index (χ0) is 10.6. The van der Waals surface area contributed by atoms with E-state index in [0.717, 1.165) is 11.5 Å². The molecule has 1 aliphatic carbocycles. The first kappa shape index (κ1) is 8.96. The highest BCUT2D eigenvalue weighted by Gasteiger charge is 2.44. The van der Waals surface area contributed by atoms with Gasteiger partial charge < -0.3 is 5.73 Å². The van der Waals surface area contributed by atoms with Crippen LogP contribution in [0.3, 0.4) is 0 Å². The fourth-order valence-electron chi connectivity index (χ4n) is 2.42. The molecule has 1 aromatic rings. The van der Waals surface area contributed by atoms with Gasteiger partial charge in [-0.15, -0.1) is 0 Å². The summed E-state index contributed by atoms with van der Waals surface area (Å²) in [6.07, 6.45) is 1.20. The summed E-state index contributed by atoms with van der Waals surface area (Å²) < 4.78 is 0. The molecule has 2 atom stereocenters. The van der Waals surface area contributed by atoms with Crippen LogP contribution in [0, 0.1) is 5.92 Å². The van der Waals surface area contributed by atoms with Gasteiger partial charge in [0, 0.05) is 5.92 Å². The summed E-state index contributed by atoms with van der Waals surface area (Å²) in [5.41, 5.74) is 9.77. The average Bonchev–Trinajstić information content (AvgIpc) is 2.97. The third-order valence-corrected chi connectivity index (χ3v) is 3.54. The first-order chi connectivity index (χ1) is 7.16. The Morgan fingerprint density at radius 1 is 1.33 bits per heavy atom. The Morgan fingerprint density at radius 2 is 2.13 bits per heavy atom. The van der Waals surface area contributed by atoms with E-state index < -0.39 is 0 Å². The largest absolute Gasteiger partial charge is 0.387 e. The van der Waals surface area contributed by atoms with E-state index in [-0.39, 0.29) is 0 Å². The minimum absolute atomic E-state index is 0.544. The van der Waals surface area contributed by atoms with Crippen molar-refractivity contribution >= 4 is 11.5 Å². The standard InChI is InChI=1S/C13H16N2/c1-7(2)8-3-4-9-10-6-11(10)13(14)15-12(9)5-8/h3-5,7,10-11H,6H2,1-2H3,(H2,14,15)/t10-,11-/m1/s1. The predicted molar refractivity (Wildman–Crippen MR) is 62.7 cm³/mol. The van der Waals surface area contributed by atoms with Crippen molar-refractivity contribution in [3.05, 3.63) is 29.3 Å². The zero-order valence-electron chi connectivity index (χ0n) is 9.20. The number of rotatable bonds is 1. The van der Waals surface area contributed by atoms with Gasteiger partial charge in [0.05, 0.1) is 5.69 Å². The number of fused-ring (bicyclic) bond motifs is 3. The Hall–Kier alpha value is -1.31. The summed E-state index contributed by atoms with van der Waals surface area (Å²) in [4.78, 5) is 4.51. The van der Waals surface area contributed by atoms with Crippen LogP contribution >= 0.6 is 0 Å². The third-order valence-electron chi connectivity index (χ3n) is 3.54. The van der Waals surface area contributed by atoms with Crippen LogP contribution in [-0.4, -0.2) is 5.84 Å². The molecule has 0 unspecified atom stereocenters. The Bertz CT molecular complexity index is 446. The molecule has 1 heterocycles. The zero-order valence-corrected chi connectivity index (χ0v) is 9.20. The number of benzene rings is 1. The Balaban J connectivity index is 2.10. The van der Waals surface area contributed by atoms with E-state index in [1.807, 2.05) is 0 Å². The van der Waals surface area contributed by atoms with Crippen LogP contribution in [0.1, 0.15) is 43.2 Å². The molecule has 0 amide bonds. The molecule has 1 saturated carbocycles. The molecule has 0 aromatic heterocycles. The topological polar surface area (TPSA) is 38.4 Å². The second-order valence-corrected chi connectivity index (χ2v) is 4.96. The molecule has 0 saturated heterocycles. The summed E-state index contributed by atoms with van der Waals surface area (Å²) in [6, 6.07) is 6.67. The predicted octanol–water partition coefficient (Wildman–Crippen LogP) is 2.92. The van der Waals surface area contributed by atoms with E-state index in [4.69, 9.17) is 5.73 Å². The van der Waals surface area contributed by atoms with E-state index in [9.17, 15) is 0 Å². The van der Waals surface area contributed by atoms with Crippen molar-refractivity contribution in [3.63, 3.8) is 0 Å². The highest BCUT2D eigenvalue weighted by molar-refractivity contribution is 5.92. The van der Waals surface area contributed by atoms with Crippen molar-refractivity contribution < 1.29 is 0 Å². The van der Waals surface area contributed by atoms with E-state index in [2.05, 4.69) is 37.0 Å². The van der Waals surface area contributed by atoms with Crippen molar-refractivity contribution in [1.29, 1.82) is 0 Å². The molecule has 2 N–H and O–H groups in total. The van der Waals surface area contributed by atoms with E-state index in [0.29, 0.717) is 17.8 Å². The van der Waals surface area contributed by atoms with Crippen molar-refractivity contribution in [2.45, 2.75) is 32.1 Å². The van der Waals surface area contributed by atoms with Gasteiger partial charge in [-0.25, -0.2) is 4.99 Å². The van der Waals surface area contributed by atoms with E-state index >= 15 is 0 Å². The van der Waals surface area contributed by atoms with Crippen molar-refractivity contribution in [2.75, 3.05) is 0 Å². The Morgan fingerprint density at radius 3 is 2.87 bits per heavy atom. The van der Waals surface area contributed by atoms with Crippen LogP contribution in [0.25, 0.3) is 0 Å². The lowest BCUT2D eigenvalue weighted by atomic mass is 9.96. The van der Waals surface area contributed by atoms with Gasteiger partial charge in [-0.1, -0.05) is 26.0 Å². The third kappa shape index (κ3) is 1.28. The molecule has 2 aliphatic rings. The molecule has 0 spiro atoms. The van der Waals surface area contributed by atoms with Crippen LogP contribution in [0.4, 0.5) is 5.69 Å². The van der Waals surface area contributed by atoms with Crippen molar-refractivity contribution in [1.82, 2.24) is 0 Å². The lowest BCUT2D eigenvalue weighted by Gasteiger charge is -2.14. The van der Waals surface area contributed by atoms with Crippen LogP contribution in [-0.2, 0) is 0 Å². The SMILES string of the molecule is CC(C)c1ccc2c(c1)N=C(N)[C@@H]1C[C@H]21. The molecule has 78 valence electrons. The second kappa shape index (κ2) is 2.84. The van der Waals surface area contributed by atoms with Crippen LogP contribution in [0.5, 0.6) is 0 Å². The number of nitrogens with two attached hydrogens (primary N) is 1. The molecule has 3 rings (SSSR count). The first-order valence-corrected chi connectivity index (χ1v) is 5.64. The summed E-state index contributed by atoms with van der Waals surface area (Å²) in [6.45, 7) is 4.41. The molecule has 2 nitrogen and oxygen atoms in total. The Labute approximate surface area is 90.2 Å². The highest BCUT2D eigenvalue weighted by Crippen LogP contribution is 2.53. The number of hydrogen-bond acceptors (Lipinski definition) is 2. The minimum Gasteiger partial charge on any atom is -0.387 e. The molecule has 1 aromatic carbocycles. The number of hydrogen-bond donors (Lipinski definition) is 1. The second-order valence-electron chi connectivity index (χ2n) is 4.96. The van der Waals surface area contributed by atoms with Gasteiger partial charge in [-0.3, -0.25) is 0 Å². The van der Waals surface area contributed by atoms with Gasteiger partial charge in [0.15, 0.2) is 0 Å². The van der Waals surface area contributed by atoms with Gasteiger partial charge >= 0.3 is 0 Å². The normalized spacial score (nSPS) is 27.0. The molecule has 0 radical (unpaired) electrons. The maximum Gasteiger partial charge on any atom is 0.103 e. The van der Waals surface area contributed by atoms with Crippen molar-refractivity contribution in [3.8, 4) is 0 Å². The highest BCUT2D eigenvalue weighted by atomic mass is 14.9. The lowest BCUT2D eigenvalue weighted by molar-refractivity contribution is 0.863. The van der Waals surface area contributed by atoms with Crippen molar-refractivity contribution in [2.24, 2.45) is 16.6 Å². The molecule has 1 fully saturated rings. The van der Waals surface area contributed by atoms with Gasteiger partial charge in [0.2, 0.25) is 0 Å². The lowest BCUT2D eigenvalue weighted by Crippen LogP contribution is -2.17. The monoisotopic (exact) mass is 200 g/mol. The summed E-state index contributed by atoms with van der Waals surface area (Å²) in [5.74, 6) is 2.61. The average molecular weight is 200 g/mol. The molecule has 0 bridgehead atoms. The quantitative estimate of drug-likeness (QED) is 0.743. The van der Waals surface area contributed by atoms with Gasteiger partial charge in [-0.05, 0) is 35.4 Å². The van der Waals surface area contributed by atoms with Crippen LogP contribution in [0.15, 0.2) is 23.2 Å². The van der Waals surface area contributed by atoms with Gasteiger partial charge in [-0.2, -0.15) is 0 Å². The summed E-state index contributed by atoms with van der Waals surface area (Å²) >= 11 is 0. The molecular weight excluding hydrogens is 184 g/mol. The number of amidine groups is 1. The molecule has 15 heavy (non-hydrogen) atoms. The fraction of sp³-hybridized carbons (Fsp3) is 0.462. The maximum atomic E-state index is 5.91. The smallest absolute Gasteiger partial charge is 0.103 e. The minimum atomic E-state index is 0.544. The number of nitrogens with zero attached hydrogens (tertiary/aromatic N) is 1. The van der Waals surface area contributed by atoms with Crippen LogP contribution < -0.4 is 5.73 Å². The van der Waals surface area contributed by atoms with E-state index in [1.165, 1.54) is 17.5 Å². The van der Waals surface area contributed by atoms with E-state index in [1.54, 1.807) is 0 Å². The molecular formula is C13H16N2. The molecule has 2 heteroatoms. The Kier molecular flexibility index (Phi) is 1.70. The van der Waals surface area contributed by atoms with Gasteiger partial charge in [0.25, 0.3) is 0 Å². The molecule has 1 aliphatic heterocycles. The fourth-order valence-corrected chi connectivity index (χ4v) is 2.42. The maximum absolute atomic E-state index is 5.91. The number of aliphatic imine (C=N–C) groups is 1.